The molecular weight excluding hydrogens is 532 g/mol. The normalized spacial score (nSPS) is 11.7. The maximum atomic E-state index is 12.6. The Labute approximate surface area is 195 Å². The summed E-state index contributed by atoms with van der Waals surface area (Å²) in [6.45, 7) is 4.46. The molecule has 6 nitrogen and oxygen atoms in total. The van der Waals surface area contributed by atoms with E-state index in [0.29, 0.717) is 50.2 Å². The molecule has 168 valence electrons. The lowest BCUT2D eigenvalue weighted by molar-refractivity contribution is -0.140. The van der Waals surface area contributed by atoms with Gasteiger partial charge < -0.3 is 20.1 Å². The third-order valence-electron chi connectivity index (χ3n) is 3.69. The number of nitrogens with one attached hydrogen (secondary N) is 2. The molecule has 0 radical (unpaired) electrons. The van der Waals surface area contributed by atoms with Crippen molar-refractivity contribution in [1.82, 2.24) is 15.6 Å². The van der Waals surface area contributed by atoms with Crippen LogP contribution in [0, 0.1) is 0 Å². The Bertz CT molecular complexity index is 787. The highest BCUT2D eigenvalue weighted by molar-refractivity contribution is 14.0. The van der Waals surface area contributed by atoms with Gasteiger partial charge in [0, 0.05) is 32.0 Å². The predicted octanol–water partition coefficient (Wildman–Crippen LogP) is 4.10. The molecule has 11 heteroatoms. The summed E-state index contributed by atoms with van der Waals surface area (Å²) in [7, 11) is 1.62. The molecular formula is C19H26F3IN4O2S. The summed E-state index contributed by atoms with van der Waals surface area (Å²) in [5, 5.41) is 7.71. The summed E-state index contributed by atoms with van der Waals surface area (Å²) in [5.74, 6) is 1.34. The standard InChI is InChI=1S/C19H25F3N4O2S.HI/c1-3-23-18(24-8-7-17-26-16(13-29-17)19(20,21)22)25-12-14-5-4-6-15(11-14)28-10-9-27-2;/h4-6,11,13H,3,7-10,12H2,1-2H3,(H2,23,24,25);1H. The maximum absolute atomic E-state index is 12.6. The Morgan fingerprint density at radius 3 is 2.70 bits per heavy atom. The van der Waals surface area contributed by atoms with Crippen LogP contribution in [0.1, 0.15) is 23.2 Å². The summed E-state index contributed by atoms with van der Waals surface area (Å²) in [4.78, 5) is 8.14. The average Bonchev–Trinajstić information content (AvgIpc) is 3.16. The van der Waals surface area contributed by atoms with Gasteiger partial charge in [-0.05, 0) is 24.6 Å². The molecule has 0 aliphatic carbocycles. The topological polar surface area (TPSA) is 67.8 Å². The summed E-state index contributed by atoms with van der Waals surface area (Å²) >= 11 is 1.01. The minimum Gasteiger partial charge on any atom is -0.491 e. The molecule has 0 aliphatic rings. The molecule has 0 unspecified atom stereocenters. The molecule has 0 saturated carbocycles. The van der Waals surface area contributed by atoms with Crippen molar-refractivity contribution in [1.29, 1.82) is 0 Å². The highest BCUT2D eigenvalue weighted by Gasteiger charge is 2.33. The Morgan fingerprint density at radius 2 is 2.03 bits per heavy atom. The molecule has 30 heavy (non-hydrogen) atoms. The number of benzene rings is 1. The number of hydrogen-bond donors (Lipinski definition) is 2. The van der Waals surface area contributed by atoms with Gasteiger partial charge in [0.2, 0.25) is 0 Å². The lowest BCUT2D eigenvalue weighted by Crippen LogP contribution is -2.38. The number of guanidine groups is 1. The van der Waals surface area contributed by atoms with Crippen molar-refractivity contribution in [3.05, 3.63) is 45.9 Å². The molecule has 1 aromatic heterocycles. The second-order valence-corrected chi connectivity index (χ2v) is 6.93. The van der Waals surface area contributed by atoms with Gasteiger partial charge in [-0.3, -0.25) is 0 Å². The molecule has 0 spiro atoms. The van der Waals surface area contributed by atoms with E-state index in [1.165, 1.54) is 0 Å². The van der Waals surface area contributed by atoms with Crippen molar-refractivity contribution in [3.8, 4) is 5.75 Å². The molecule has 2 rings (SSSR count). The van der Waals surface area contributed by atoms with Crippen LogP contribution in [0.5, 0.6) is 5.75 Å². The van der Waals surface area contributed by atoms with Crippen LogP contribution in [0.15, 0.2) is 34.6 Å². The Kier molecular flexibility index (Phi) is 12.0. The third kappa shape index (κ3) is 9.47. The first kappa shape index (κ1) is 26.4. The minimum atomic E-state index is -4.40. The second-order valence-electron chi connectivity index (χ2n) is 5.98. The number of aliphatic imine (C=N–C) groups is 1. The quantitative estimate of drug-likeness (QED) is 0.199. The van der Waals surface area contributed by atoms with Gasteiger partial charge in [-0.15, -0.1) is 35.3 Å². The monoisotopic (exact) mass is 558 g/mol. The maximum Gasteiger partial charge on any atom is 0.434 e. The van der Waals surface area contributed by atoms with Crippen molar-refractivity contribution in [2.75, 3.05) is 33.4 Å². The second kappa shape index (κ2) is 13.7. The van der Waals surface area contributed by atoms with E-state index in [1.54, 1.807) is 7.11 Å². The van der Waals surface area contributed by atoms with Crippen LogP contribution in [-0.4, -0.2) is 44.4 Å². The van der Waals surface area contributed by atoms with E-state index < -0.39 is 11.9 Å². The first-order valence-corrected chi connectivity index (χ1v) is 10.0. The van der Waals surface area contributed by atoms with E-state index in [0.717, 1.165) is 28.0 Å². The number of rotatable bonds is 10. The smallest absolute Gasteiger partial charge is 0.434 e. The van der Waals surface area contributed by atoms with Gasteiger partial charge in [0.25, 0.3) is 0 Å². The molecule has 0 saturated heterocycles. The van der Waals surface area contributed by atoms with Crippen LogP contribution in [0.2, 0.25) is 0 Å². The number of thiazole rings is 1. The number of hydrogen-bond acceptors (Lipinski definition) is 5. The predicted molar refractivity (Wildman–Crippen MR) is 123 cm³/mol. The Balaban J connectivity index is 0.00000450. The number of aromatic nitrogens is 1. The van der Waals surface area contributed by atoms with E-state index in [4.69, 9.17) is 9.47 Å². The van der Waals surface area contributed by atoms with E-state index in [9.17, 15) is 13.2 Å². The van der Waals surface area contributed by atoms with Crippen LogP contribution >= 0.6 is 35.3 Å². The molecule has 0 fully saturated rings. The van der Waals surface area contributed by atoms with Gasteiger partial charge in [-0.1, -0.05) is 12.1 Å². The number of methoxy groups -OCH3 is 1. The van der Waals surface area contributed by atoms with E-state index in [-0.39, 0.29) is 24.0 Å². The van der Waals surface area contributed by atoms with Crippen molar-refractivity contribution in [2.24, 2.45) is 4.99 Å². The highest BCUT2D eigenvalue weighted by Crippen LogP contribution is 2.30. The molecule has 0 bridgehead atoms. The lowest BCUT2D eigenvalue weighted by atomic mass is 10.2. The first-order valence-electron chi connectivity index (χ1n) is 9.16. The summed E-state index contributed by atoms with van der Waals surface area (Å²) in [6.07, 6.45) is -4.02. The molecule has 0 aliphatic heterocycles. The molecule has 0 amide bonds. The number of halogens is 4. The summed E-state index contributed by atoms with van der Waals surface area (Å²) in [6, 6.07) is 7.63. The number of nitrogens with zero attached hydrogens (tertiary/aromatic N) is 2. The van der Waals surface area contributed by atoms with Gasteiger partial charge in [-0.25, -0.2) is 9.98 Å². The summed E-state index contributed by atoms with van der Waals surface area (Å²) in [5.41, 5.74) is 0.137. The molecule has 2 aromatic rings. The van der Waals surface area contributed by atoms with Crippen LogP contribution < -0.4 is 15.4 Å². The van der Waals surface area contributed by atoms with Crippen LogP contribution in [0.25, 0.3) is 0 Å². The highest BCUT2D eigenvalue weighted by atomic mass is 127. The largest absolute Gasteiger partial charge is 0.491 e. The van der Waals surface area contributed by atoms with Crippen molar-refractivity contribution < 1.29 is 22.6 Å². The van der Waals surface area contributed by atoms with E-state index in [1.807, 2.05) is 31.2 Å². The zero-order valence-corrected chi connectivity index (χ0v) is 19.9. The lowest BCUT2D eigenvalue weighted by Gasteiger charge is -2.11. The zero-order valence-electron chi connectivity index (χ0n) is 16.8. The van der Waals surface area contributed by atoms with Crippen LogP contribution in [0.3, 0.4) is 0 Å². The SMILES string of the molecule is CCNC(=NCc1cccc(OCCOC)c1)NCCc1nc(C(F)(F)F)cs1.I. The fourth-order valence-corrected chi connectivity index (χ4v) is 3.14. The van der Waals surface area contributed by atoms with Gasteiger partial charge in [0.05, 0.1) is 18.2 Å². The number of alkyl halides is 3. The molecule has 1 aromatic carbocycles. The van der Waals surface area contributed by atoms with Crippen LogP contribution in [0.4, 0.5) is 13.2 Å². The summed E-state index contributed by atoms with van der Waals surface area (Å²) < 4.78 is 48.4. The van der Waals surface area contributed by atoms with Crippen molar-refractivity contribution in [2.45, 2.75) is 26.1 Å². The van der Waals surface area contributed by atoms with Gasteiger partial charge in [-0.2, -0.15) is 13.2 Å². The molecule has 0 atom stereocenters. The van der Waals surface area contributed by atoms with Gasteiger partial charge in [0.1, 0.15) is 12.4 Å². The van der Waals surface area contributed by atoms with Crippen molar-refractivity contribution >= 4 is 41.3 Å². The van der Waals surface area contributed by atoms with Crippen molar-refractivity contribution in [3.63, 3.8) is 0 Å². The van der Waals surface area contributed by atoms with E-state index >= 15 is 0 Å². The zero-order chi connectivity index (χ0) is 21.1. The number of ether oxygens (including phenoxy) is 2. The molecule has 2 N–H and O–H groups in total. The van der Waals surface area contributed by atoms with E-state index in [2.05, 4.69) is 20.6 Å². The Morgan fingerprint density at radius 1 is 1.23 bits per heavy atom. The Hall–Kier alpha value is -1.60. The third-order valence-corrected chi connectivity index (χ3v) is 4.60. The van der Waals surface area contributed by atoms with Gasteiger partial charge >= 0.3 is 6.18 Å². The molecule has 1 heterocycles. The minimum absolute atomic E-state index is 0. The average molecular weight is 558 g/mol. The van der Waals surface area contributed by atoms with Crippen LogP contribution in [-0.2, 0) is 23.9 Å². The fraction of sp³-hybridized carbons (Fsp3) is 0.474. The fourth-order valence-electron chi connectivity index (χ4n) is 2.33. The van der Waals surface area contributed by atoms with Gasteiger partial charge in [0.15, 0.2) is 11.7 Å². The first-order chi connectivity index (χ1) is 13.9.